The van der Waals surface area contributed by atoms with E-state index in [1.165, 1.54) is 12.4 Å². The lowest BCUT2D eigenvalue weighted by atomic mass is 9.87. The van der Waals surface area contributed by atoms with E-state index in [9.17, 15) is 9.59 Å². The Morgan fingerprint density at radius 3 is 2.71 bits per heavy atom. The summed E-state index contributed by atoms with van der Waals surface area (Å²) in [4.78, 5) is 36.6. The zero-order valence-electron chi connectivity index (χ0n) is 16.9. The third kappa shape index (κ3) is 4.75. The van der Waals surface area contributed by atoms with Gasteiger partial charge in [0.1, 0.15) is 11.3 Å². The molecule has 10 heteroatoms. The number of pyridine rings is 1. The van der Waals surface area contributed by atoms with Crippen LogP contribution in [0.1, 0.15) is 34.8 Å². The number of carbonyl (C=O) groups is 1. The first-order valence-corrected chi connectivity index (χ1v) is 9.91. The van der Waals surface area contributed by atoms with E-state index in [1.54, 1.807) is 31.5 Å². The number of nitrogens with zero attached hydrogens (tertiary/aromatic N) is 4. The van der Waals surface area contributed by atoms with Crippen molar-refractivity contribution in [3.05, 3.63) is 64.3 Å². The number of carbonyl (C=O) groups excluding carboxylic acids is 1. The Bertz CT molecular complexity index is 1080. The molecule has 3 aromatic rings. The lowest BCUT2D eigenvalue weighted by Crippen LogP contribution is -2.38. The van der Waals surface area contributed by atoms with Gasteiger partial charge in [-0.1, -0.05) is 6.07 Å². The second kappa shape index (κ2) is 9.43. The second-order valence-corrected chi connectivity index (χ2v) is 7.12. The Balaban J connectivity index is 1.58. The van der Waals surface area contributed by atoms with Gasteiger partial charge in [-0.3, -0.25) is 9.59 Å². The SMILES string of the molecule is COc1ccc(C(NC(=O)c2cnc(-c3cccnn3)[nH]c2=O)C2CCOCC2)cn1. The zero-order valence-corrected chi connectivity index (χ0v) is 16.9. The van der Waals surface area contributed by atoms with Gasteiger partial charge >= 0.3 is 0 Å². The van der Waals surface area contributed by atoms with E-state index < -0.39 is 11.5 Å². The number of aromatic amines is 1. The van der Waals surface area contributed by atoms with Gasteiger partial charge in [-0.05, 0) is 36.5 Å². The number of ether oxygens (including phenoxy) is 2. The van der Waals surface area contributed by atoms with E-state index in [0.717, 1.165) is 18.4 Å². The van der Waals surface area contributed by atoms with Crippen molar-refractivity contribution < 1.29 is 14.3 Å². The molecule has 10 nitrogen and oxygen atoms in total. The molecule has 160 valence electrons. The minimum Gasteiger partial charge on any atom is -0.481 e. The Labute approximate surface area is 178 Å². The van der Waals surface area contributed by atoms with Crippen LogP contribution in [0.3, 0.4) is 0 Å². The summed E-state index contributed by atoms with van der Waals surface area (Å²) in [5, 5.41) is 10.7. The molecule has 31 heavy (non-hydrogen) atoms. The van der Waals surface area contributed by atoms with Crippen LogP contribution in [0.25, 0.3) is 11.5 Å². The Morgan fingerprint density at radius 1 is 1.23 bits per heavy atom. The van der Waals surface area contributed by atoms with Gasteiger partial charge in [0.15, 0.2) is 5.82 Å². The lowest BCUT2D eigenvalue weighted by Gasteiger charge is -2.31. The number of aromatic nitrogens is 5. The van der Waals surface area contributed by atoms with E-state index in [2.05, 4.69) is 30.5 Å². The van der Waals surface area contributed by atoms with E-state index in [4.69, 9.17) is 9.47 Å². The molecule has 1 fully saturated rings. The normalized spacial score (nSPS) is 15.3. The number of methoxy groups -OCH3 is 1. The first-order chi connectivity index (χ1) is 15.2. The van der Waals surface area contributed by atoms with Gasteiger partial charge in [-0.15, -0.1) is 5.10 Å². The molecule has 1 amide bonds. The van der Waals surface area contributed by atoms with Crippen molar-refractivity contribution >= 4 is 5.91 Å². The lowest BCUT2D eigenvalue weighted by molar-refractivity contribution is 0.0513. The van der Waals surface area contributed by atoms with E-state index in [-0.39, 0.29) is 23.3 Å². The van der Waals surface area contributed by atoms with Crippen LogP contribution in [-0.2, 0) is 4.74 Å². The molecule has 2 N–H and O–H groups in total. The predicted molar refractivity (Wildman–Crippen MR) is 110 cm³/mol. The number of H-pyrrole nitrogens is 1. The van der Waals surface area contributed by atoms with Gasteiger partial charge in [-0.2, -0.15) is 5.10 Å². The smallest absolute Gasteiger partial charge is 0.264 e. The van der Waals surface area contributed by atoms with Gasteiger partial charge < -0.3 is 19.8 Å². The molecule has 0 aliphatic carbocycles. The first kappa shape index (κ1) is 20.6. The first-order valence-electron chi connectivity index (χ1n) is 9.91. The number of nitrogens with one attached hydrogen (secondary N) is 2. The molecule has 1 unspecified atom stereocenters. The van der Waals surface area contributed by atoms with Crippen molar-refractivity contribution in [3.8, 4) is 17.4 Å². The third-order valence-electron chi connectivity index (χ3n) is 5.21. The molecule has 4 heterocycles. The van der Waals surface area contributed by atoms with Crippen molar-refractivity contribution in [1.29, 1.82) is 0 Å². The Kier molecular flexibility index (Phi) is 6.27. The maximum absolute atomic E-state index is 13.0. The summed E-state index contributed by atoms with van der Waals surface area (Å²) in [6.45, 7) is 1.24. The van der Waals surface area contributed by atoms with Crippen molar-refractivity contribution in [1.82, 2.24) is 30.5 Å². The Morgan fingerprint density at radius 2 is 2.06 bits per heavy atom. The zero-order chi connectivity index (χ0) is 21.6. The molecule has 4 rings (SSSR count). The highest BCUT2D eigenvalue weighted by atomic mass is 16.5. The van der Waals surface area contributed by atoms with Crippen LogP contribution < -0.4 is 15.6 Å². The van der Waals surface area contributed by atoms with Gasteiger partial charge in [0.2, 0.25) is 5.88 Å². The molecule has 0 spiro atoms. The fourth-order valence-corrected chi connectivity index (χ4v) is 3.55. The number of rotatable bonds is 6. The van der Waals surface area contributed by atoms with Crippen LogP contribution in [0.4, 0.5) is 0 Å². The molecule has 1 aliphatic rings. The third-order valence-corrected chi connectivity index (χ3v) is 5.21. The maximum Gasteiger partial charge on any atom is 0.264 e. The number of hydrogen-bond acceptors (Lipinski definition) is 8. The minimum atomic E-state index is -0.549. The van der Waals surface area contributed by atoms with Crippen molar-refractivity contribution in [2.75, 3.05) is 20.3 Å². The molecule has 3 aromatic heterocycles. The fourth-order valence-electron chi connectivity index (χ4n) is 3.55. The van der Waals surface area contributed by atoms with Gasteiger partial charge in [0, 0.05) is 37.9 Å². The molecular weight excluding hydrogens is 400 g/mol. The van der Waals surface area contributed by atoms with Gasteiger partial charge in [0.25, 0.3) is 11.5 Å². The highest BCUT2D eigenvalue weighted by molar-refractivity contribution is 5.93. The highest BCUT2D eigenvalue weighted by Gasteiger charge is 2.28. The molecular formula is C21H22N6O4. The number of hydrogen-bond donors (Lipinski definition) is 2. The summed E-state index contributed by atoms with van der Waals surface area (Å²) in [5.41, 5.74) is 0.621. The van der Waals surface area contributed by atoms with Crippen LogP contribution in [-0.4, -0.2) is 51.4 Å². The van der Waals surface area contributed by atoms with Crippen molar-refractivity contribution in [2.45, 2.75) is 18.9 Å². The maximum atomic E-state index is 13.0. The largest absolute Gasteiger partial charge is 0.481 e. The summed E-state index contributed by atoms with van der Waals surface area (Å²) in [7, 11) is 1.55. The number of amides is 1. The van der Waals surface area contributed by atoms with E-state index in [0.29, 0.717) is 24.8 Å². The van der Waals surface area contributed by atoms with Gasteiger partial charge in [-0.25, -0.2) is 9.97 Å². The topological polar surface area (TPSA) is 132 Å². The molecule has 1 aliphatic heterocycles. The molecule has 1 atom stereocenters. The average Bonchev–Trinajstić information content (AvgIpc) is 2.83. The van der Waals surface area contributed by atoms with E-state index >= 15 is 0 Å². The van der Waals surface area contributed by atoms with Gasteiger partial charge in [0.05, 0.1) is 13.2 Å². The Hall–Kier alpha value is -3.66. The fraction of sp³-hybridized carbons (Fsp3) is 0.333. The summed E-state index contributed by atoms with van der Waals surface area (Å²) in [6.07, 6.45) is 6.03. The molecule has 0 radical (unpaired) electrons. The summed E-state index contributed by atoms with van der Waals surface area (Å²) in [5.74, 6) is 0.376. The van der Waals surface area contributed by atoms with Crippen LogP contribution in [0.5, 0.6) is 5.88 Å². The van der Waals surface area contributed by atoms with Crippen molar-refractivity contribution in [3.63, 3.8) is 0 Å². The highest BCUT2D eigenvalue weighted by Crippen LogP contribution is 2.30. The van der Waals surface area contributed by atoms with E-state index in [1.807, 2.05) is 6.07 Å². The predicted octanol–water partition coefficient (Wildman–Crippen LogP) is 1.53. The monoisotopic (exact) mass is 422 g/mol. The minimum absolute atomic E-state index is 0.0776. The standard InChI is InChI=1S/C21H22N6O4/c1-30-17-5-4-14(11-22-17)18(13-6-9-31-10-7-13)25-20(28)15-12-23-19(26-21(15)29)16-3-2-8-24-27-16/h2-5,8,11-13,18H,6-7,9-10H2,1H3,(H,25,28)(H,23,26,29). The average molecular weight is 422 g/mol. The molecule has 0 saturated carbocycles. The second-order valence-electron chi connectivity index (χ2n) is 7.12. The molecule has 1 saturated heterocycles. The summed E-state index contributed by atoms with van der Waals surface area (Å²) >= 11 is 0. The summed E-state index contributed by atoms with van der Waals surface area (Å²) in [6, 6.07) is 6.64. The van der Waals surface area contributed by atoms with Crippen molar-refractivity contribution in [2.24, 2.45) is 5.92 Å². The van der Waals surface area contributed by atoms with Crippen LogP contribution in [0.2, 0.25) is 0 Å². The quantitative estimate of drug-likeness (QED) is 0.611. The van der Waals surface area contributed by atoms with Crippen LogP contribution in [0, 0.1) is 5.92 Å². The van der Waals surface area contributed by atoms with Crippen LogP contribution >= 0.6 is 0 Å². The molecule has 0 bridgehead atoms. The summed E-state index contributed by atoms with van der Waals surface area (Å²) < 4.78 is 10.6. The van der Waals surface area contributed by atoms with Crippen LogP contribution in [0.15, 0.2) is 47.7 Å². The molecule has 0 aromatic carbocycles.